The number of rotatable bonds is 4. The summed E-state index contributed by atoms with van der Waals surface area (Å²) in [6.45, 7) is 7.81. The van der Waals surface area contributed by atoms with Gasteiger partial charge in [-0.3, -0.25) is 9.59 Å². The SMILES string of the molecule is CC(C)Cn1ccc2c(cc(C(=O)N3CCN(c4ccccc4)CC3)n2C)c1=O. The molecule has 1 aliphatic heterocycles. The minimum Gasteiger partial charge on any atom is -0.368 e. The largest absolute Gasteiger partial charge is 0.368 e. The van der Waals surface area contributed by atoms with E-state index in [1.807, 2.05) is 47.0 Å². The summed E-state index contributed by atoms with van der Waals surface area (Å²) >= 11 is 0. The maximum Gasteiger partial charge on any atom is 0.270 e. The smallest absolute Gasteiger partial charge is 0.270 e. The van der Waals surface area contributed by atoms with Crippen LogP contribution in [0.25, 0.3) is 10.9 Å². The third-order valence-electron chi connectivity index (χ3n) is 5.65. The van der Waals surface area contributed by atoms with Crippen molar-refractivity contribution in [2.45, 2.75) is 20.4 Å². The van der Waals surface area contributed by atoms with E-state index >= 15 is 0 Å². The Morgan fingerprint density at radius 3 is 2.38 bits per heavy atom. The molecule has 0 bridgehead atoms. The number of anilines is 1. The van der Waals surface area contributed by atoms with E-state index in [4.69, 9.17) is 0 Å². The highest BCUT2D eigenvalue weighted by molar-refractivity contribution is 5.98. The van der Waals surface area contributed by atoms with Crippen molar-refractivity contribution in [1.82, 2.24) is 14.0 Å². The maximum absolute atomic E-state index is 13.2. The second-order valence-electron chi connectivity index (χ2n) is 8.17. The lowest BCUT2D eigenvalue weighted by Crippen LogP contribution is -2.49. The van der Waals surface area contributed by atoms with Gasteiger partial charge in [-0.1, -0.05) is 32.0 Å². The standard InChI is InChI=1S/C23H28N4O2/c1-17(2)16-27-10-9-20-19(22(27)28)15-21(24(20)3)23(29)26-13-11-25(12-14-26)18-7-5-4-6-8-18/h4-10,15,17H,11-14,16H2,1-3H3. The van der Waals surface area contributed by atoms with Crippen molar-refractivity contribution < 1.29 is 4.79 Å². The van der Waals surface area contributed by atoms with Gasteiger partial charge in [-0.15, -0.1) is 0 Å². The van der Waals surface area contributed by atoms with Gasteiger partial charge in [0.05, 0.1) is 10.9 Å². The van der Waals surface area contributed by atoms with Crippen molar-refractivity contribution in [2.75, 3.05) is 31.1 Å². The summed E-state index contributed by atoms with van der Waals surface area (Å²) in [4.78, 5) is 30.2. The summed E-state index contributed by atoms with van der Waals surface area (Å²) in [6, 6.07) is 14.0. The van der Waals surface area contributed by atoms with E-state index in [-0.39, 0.29) is 11.5 Å². The highest BCUT2D eigenvalue weighted by Gasteiger charge is 2.25. The first-order valence-corrected chi connectivity index (χ1v) is 10.2. The molecule has 1 amide bonds. The molecule has 0 N–H and O–H groups in total. The molecule has 0 atom stereocenters. The molecule has 1 saturated heterocycles. The van der Waals surface area contributed by atoms with Crippen molar-refractivity contribution >= 4 is 22.5 Å². The molecule has 6 nitrogen and oxygen atoms in total. The predicted molar refractivity (Wildman–Crippen MR) is 117 cm³/mol. The third-order valence-corrected chi connectivity index (χ3v) is 5.65. The minimum absolute atomic E-state index is 0.00813. The average Bonchev–Trinajstić information content (AvgIpc) is 3.07. The molecule has 0 spiro atoms. The molecule has 6 heteroatoms. The van der Waals surface area contributed by atoms with Gasteiger partial charge in [-0.25, -0.2) is 0 Å². The topological polar surface area (TPSA) is 50.5 Å². The van der Waals surface area contributed by atoms with Gasteiger partial charge < -0.3 is 18.9 Å². The van der Waals surface area contributed by atoms with E-state index in [2.05, 4.69) is 30.9 Å². The quantitative estimate of drug-likeness (QED) is 0.686. The van der Waals surface area contributed by atoms with Crippen LogP contribution in [0.4, 0.5) is 5.69 Å². The number of carbonyl (C=O) groups is 1. The molecular formula is C23H28N4O2. The van der Waals surface area contributed by atoms with Crippen LogP contribution in [0.2, 0.25) is 0 Å². The van der Waals surface area contributed by atoms with Crippen LogP contribution in [-0.2, 0) is 13.6 Å². The van der Waals surface area contributed by atoms with Gasteiger partial charge in [0, 0.05) is 51.7 Å². The van der Waals surface area contributed by atoms with Crippen molar-refractivity contribution in [3.05, 3.63) is 64.7 Å². The van der Waals surface area contributed by atoms with Gasteiger partial charge in [-0.05, 0) is 30.2 Å². The number of para-hydroxylation sites is 1. The molecule has 0 saturated carbocycles. The van der Waals surface area contributed by atoms with Crippen molar-refractivity contribution in [3.8, 4) is 0 Å². The molecule has 4 rings (SSSR count). The zero-order valence-corrected chi connectivity index (χ0v) is 17.3. The number of piperazine rings is 1. The Hall–Kier alpha value is -3.02. The van der Waals surface area contributed by atoms with E-state index in [0.29, 0.717) is 36.6 Å². The van der Waals surface area contributed by atoms with Gasteiger partial charge in [0.25, 0.3) is 11.5 Å². The van der Waals surface area contributed by atoms with Crippen molar-refractivity contribution in [2.24, 2.45) is 13.0 Å². The Morgan fingerprint density at radius 2 is 1.72 bits per heavy atom. The van der Waals surface area contributed by atoms with E-state index in [1.165, 1.54) is 5.69 Å². The second kappa shape index (κ2) is 7.78. The normalized spacial score (nSPS) is 14.8. The summed E-state index contributed by atoms with van der Waals surface area (Å²) in [5.41, 5.74) is 2.54. The fraction of sp³-hybridized carbons (Fsp3) is 0.391. The highest BCUT2D eigenvalue weighted by atomic mass is 16.2. The summed E-state index contributed by atoms with van der Waals surface area (Å²) < 4.78 is 3.59. The second-order valence-corrected chi connectivity index (χ2v) is 8.17. The van der Waals surface area contributed by atoms with Crippen LogP contribution >= 0.6 is 0 Å². The lowest BCUT2D eigenvalue weighted by molar-refractivity contribution is 0.0737. The molecule has 1 aliphatic rings. The fourth-order valence-electron chi connectivity index (χ4n) is 4.08. The number of aryl methyl sites for hydroxylation is 1. The van der Waals surface area contributed by atoms with Gasteiger partial charge in [-0.2, -0.15) is 0 Å². The first kappa shape index (κ1) is 19.3. The van der Waals surface area contributed by atoms with E-state index in [9.17, 15) is 9.59 Å². The first-order chi connectivity index (χ1) is 14.0. The van der Waals surface area contributed by atoms with Gasteiger partial charge in [0.2, 0.25) is 0 Å². The molecule has 29 heavy (non-hydrogen) atoms. The molecule has 152 valence electrons. The molecule has 0 unspecified atom stereocenters. The van der Waals surface area contributed by atoms with Crippen LogP contribution in [0.15, 0.2) is 53.5 Å². The van der Waals surface area contributed by atoms with Gasteiger partial charge in [0.15, 0.2) is 0 Å². The average molecular weight is 393 g/mol. The number of pyridine rings is 1. The molecule has 0 radical (unpaired) electrons. The zero-order chi connectivity index (χ0) is 20.5. The van der Waals surface area contributed by atoms with E-state index in [1.54, 1.807) is 10.6 Å². The minimum atomic E-state index is -0.0280. The van der Waals surface area contributed by atoms with Crippen LogP contribution in [-0.4, -0.2) is 46.1 Å². The Bertz CT molecular complexity index is 1070. The number of aromatic nitrogens is 2. The molecular weight excluding hydrogens is 364 g/mol. The number of fused-ring (bicyclic) bond motifs is 1. The molecule has 3 aromatic rings. The van der Waals surface area contributed by atoms with Crippen LogP contribution in [0.3, 0.4) is 0 Å². The molecule has 3 heterocycles. The van der Waals surface area contributed by atoms with Gasteiger partial charge >= 0.3 is 0 Å². The third kappa shape index (κ3) is 3.67. The monoisotopic (exact) mass is 392 g/mol. The maximum atomic E-state index is 13.2. The number of benzene rings is 1. The lowest BCUT2D eigenvalue weighted by Gasteiger charge is -2.36. The Balaban J connectivity index is 1.55. The first-order valence-electron chi connectivity index (χ1n) is 10.2. The lowest BCUT2D eigenvalue weighted by atomic mass is 10.2. The number of amides is 1. The predicted octanol–water partition coefficient (Wildman–Crippen LogP) is 2.96. The number of hydrogen-bond acceptors (Lipinski definition) is 3. The van der Waals surface area contributed by atoms with Crippen LogP contribution in [0.1, 0.15) is 24.3 Å². The fourth-order valence-corrected chi connectivity index (χ4v) is 4.08. The Kier molecular flexibility index (Phi) is 5.18. The summed E-state index contributed by atoms with van der Waals surface area (Å²) in [5, 5.41) is 0.613. The molecule has 0 aliphatic carbocycles. The molecule has 2 aromatic heterocycles. The summed E-state index contributed by atoms with van der Waals surface area (Å²) in [7, 11) is 1.86. The Labute approximate surface area is 171 Å². The molecule has 1 fully saturated rings. The molecule has 1 aromatic carbocycles. The van der Waals surface area contributed by atoms with Crippen LogP contribution in [0, 0.1) is 5.92 Å². The van der Waals surface area contributed by atoms with Crippen molar-refractivity contribution in [3.63, 3.8) is 0 Å². The number of nitrogens with zero attached hydrogens (tertiary/aromatic N) is 4. The highest BCUT2D eigenvalue weighted by Crippen LogP contribution is 2.20. The van der Waals surface area contributed by atoms with E-state index < -0.39 is 0 Å². The van der Waals surface area contributed by atoms with E-state index in [0.717, 1.165) is 18.6 Å². The number of hydrogen-bond donors (Lipinski definition) is 0. The summed E-state index contributed by atoms with van der Waals surface area (Å²) in [5.74, 6) is 0.377. The summed E-state index contributed by atoms with van der Waals surface area (Å²) in [6.07, 6.45) is 1.83. The van der Waals surface area contributed by atoms with Crippen molar-refractivity contribution in [1.29, 1.82) is 0 Å². The Morgan fingerprint density at radius 1 is 1.03 bits per heavy atom. The van der Waals surface area contributed by atoms with Gasteiger partial charge in [0.1, 0.15) is 5.69 Å². The number of carbonyl (C=O) groups excluding carboxylic acids is 1. The van der Waals surface area contributed by atoms with Crippen LogP contribution in [0.5, 0.6) is 0 Å². The van der Waals surface area contributed by atoms with Crippen LogP contribution < -0.4 is 10.5 Å². The zero-order valence-electron chi connectivity index (χ0n) is 17.3.